The lowest BCUT2D eigenvalue weighted by Crippen LogP contribution is -2.14. The number of rotatable bonds is 3. The molecule has 0 unspecified atom stereocenters. The molecule has 130 valence electrons. The Morgan fingerprint density at radius 1 is 1.28 bits per heavy atom. The molecule has 2 N–H and O–H groups in total. The van der Waals surface area contributed by atoms with Gasteiger partial charge in [0.1, 0.15) is 5.69 Å². The van der Waals surface area contributed by atoms with Crippen LogP contribution in [0.4, 0.5) is 5.69 Å². The first-order chi connectivity index (χ1) is 11.8. The minimum absolute atomic E-state index is 0.320. The molecular weight excluding hydrogens is 322 g/mol. The summed E-state index contributed by atoms with van der Waals surface area (Å²) in [7, 11) is 3.13. The number of fused-ring (bicyclic) bond motifs is 1. The number of H-pyrrole nitrogens is 1. The third-order valence-electron chi connectivity index (χ3n) is 4.17. The lowest BCUT2D eigenvalue weighted by atomic mass is 10.1. The normalized spacial score (nSPS) is 10.9. The molecule has 1 amide bonds. The lowest BCUT2D eigenvalue weighted by Gasteiger charge is -2.05. The number of aryl methyl sites for hydroxylation is 3. The van der Waals surface area contributed by atoms with Crippen molar-refractivity contribution in [2.24, 2.45) is 7.05 Å². The summed E-state index contributed by atoms with van der Waals surface area (Å²) >= 11 is 0. The molecule has 0 aliphatic carbocycles. The summed E-state index contributed by atoms with van der Waals surface area (Å²) in [6, 6.07) is 1.83. The molecule has 0 spiro atoms. The Bertz CT molecular complexity index is 1000. The zero-order valence-electron chi connectivity index (χ0n) is 14.7. The Balaban J connectivity index is 1.93. The minimum Gasteiger partial charge on any atom is -0.465 e. The van der Waals surface area contributed by atoms with Crippen LogP contribution in [0.15, 0.2) is 12.3 Å². The highest BCUT2D eigenvalue weighted by Gasteiger charge is 2.22. The van der Waals surface area contributed by atoms with Gasteiger partial charge in [0.15, 0.2) is 5.65 Å². The Labute approximate surface area is 144 Å². The van der Waals surface area contributed by atoms with E-state index in [1.165, 1.54) is 7.11 Å². The van der Waals surface area contributed by atoms with E-state index in [-0.39, 0.29) is 5.91 Å². The zero-order valence-corrected chi connectivity index (χ0v) is 14.7. The second-order valence-electron chi connectivity index (χ2n) is 5.87. The zero-order chi connectivity index (χ0) is 18.3. The van der Waals surface area contributed by atoms with Crippen molar-refractivity contribution in [1.82, 2.24) is 19.7 Å². The third-order valence-corrected chi connectivity index (χ3v) is 4.17. The summed E-state index contributed by atoms with van der Waals surface area (Å²) in [5.74, 6) is -0.821. The van der Waals surface area contributed by atoms with Gasteiger partial charge < -0.3 is 15.0 Å². The molecule has 0 saturated carbocycles. The molecule has 0 radical (unpaired) electrons. The topological polar surface area (TPSA) is 102 Å². The molecule has 3 aromatic heterocycles. The van der Waals surface area contributed by atoms with Crippen LogP contribution < -0.4 is 5.32 Å². The van der Waals surface area contributed by atoms with E-state index < -0.39 is 5.97 Å². The van der Waals surface area contributed by atoms with Crippen LogP contribution in [0.25, 0.3) is 11.0 Å². The van der Waals surface area contributed by atoms with E-state index in [2.05, 4.69) is 20.4 Å². The molecular formula is C17H19N5O3. The molecule has 8 nitrogen and oxygen atoms in total. The van der Waals surface area contributed by atoms with Crippen LogP contribution in [-0.4, -0.2) is 38.7 Å². The Morgan fingerprint density at radius 3 is 2.68 bits per heavy atom. The van der Waals surface area contributed by atoms with Gasteiger partial charge >= 0.3 is 5.97 Å². The van der Waals surface area contributed by atoms with Gasteiger partial charge in [-0.05, 0) is 32.4 Å². The SMILES string of the molecule is COC(=O)c1c(C)[nH]c(C(=O)Nc2cnc3c(c2)c(C)nn3C)c1C. The first-order valence-corrected chi connectivity index (χ1v) is 7.71. The second-order valence-corrected chi connectivity index (χ2v) is 5.87. The number of pyridine rings is 1. The number of nitrogens with one attached hydrogen (secondary N) is 2. The largest absolute Gasteiger partial charge is 0.465 e. The number of anilines is 1. The van der Waals surface area contributed by atoms with Crippen LogP contribution in [0.2, 0.25) is 0 Å². The van der Waals surface area contributed by atoms with Gasteiger partial charge in [0.05, 0.1) is 30.3 Å². The number of ether oxygens (including phenoxy) is 1. The van der Waals surface area contributed by atoms with Crippen LogP contribution in [0.5, 0.6) is 0 Å². The standard InChI is InChI=1S/C17H19N5O3/c1-8-13(17(24)25-5)10(3)19-14(8)16(23)20-11-6-12-9(2)21-22(4)15(12)18-7-11/h6-7,19H,1-5H3,(H,20,23). The molecule has 3 heterocycles. The second kappa shape index (κ2) is 6.04. The van der Waals surface area contributed by atoms with Crippen molar-refractivity contribution in [2.45, 2.75) is 20.8 Å². The highest BCUT2D eigenvalue weighted by molar-refractivity contribution is 6.07. The van der Waals surface area contributed by atoms with Gasteiger partial charge in [-0.1, -0.05) is 0 Å². The van der Waals surface area contributed by atoms with Crippen molar-refractivity contribution < 1.29 is 14.3 Å². The number of nitrogens with zero attached hydrogens (tertiary/aromatic N) is 3. The summed E-state index contributed by atoms with van der Waals surface area (Å²) in [5.41, 5.74) is 3.97. The van der Waals surface area contributed by atoms with Crippen LogP contribution in [0.3, 0.4) is 0 Å². The maximum atomic E-state index is 12.6. The number of aromatic nitrogens is 4. The molecule has 0 atom stereocenters. The first-order valence-electron chi connectivity index (χ1n) is 7.71. The molecule has 0 aliphatic heterocycles. The van der Waals surface area contributed by atoms with Crippen LogP contribution >= 0.6 is 0 Å². The summed E-state index contributed by atoms with van der Waals surface area (Å²) in [6.45, 7) is 5.32. The summed E-state index contributed by atoms with van der Waals surface area (Å²) in [6.07, 6.45) is 1.58. The van der Waals surface area contributed by atoms with E-state index in [1.54, 1.807) is 24.7 Å². The molecule has 0 aliphatic rings. The number of amides is 1. The van der Waals surface area contributed by atoms with E-state index in [0.717, 1.165) is 16.7 Å². The van der Waals surface area contributed by atoms with E-state index >= 15 is 0 Å². The highest BCUT2D eigenvalue weighted by atomic mass is 16.5. The van der Waals surface area contributed by atoms with E-state index in [1.807, 2.05) is 20.0 Å². The smallest absolute Gasteiger partial charge is 0.339 e. The lowest BCUT2D eigenvalue weighted by molar-refractivity contribution is 0.0599. The monoisotopic (exact) mass is 341 g/mol. The number of methoxy groups -OCH3 is 1. The van der Waals surface area contributed by atoms with Gasteiger partial charge in [0, 0.05) is 18.1 Å². The number of esters is 1. The predicted octanol–water partition coefficient (Wildman–Crippen LogP) is 2.26. The average molecular weight is 341 g/mol. The molecule has 0 saturated heterocycles. The summed E-state index contributed by atoms with van der Waals surface area (Å²) in [4.78, 5) is 31.7. The summed E-state index contributed by atoms with van der Waals surface area (Å²) in [5, 5.41) is 7.98. The number of carbonyl (C=O) groups excluding carboxylic acids is 2. The van der Waals surface area contributed by atoms with E-state index in [4.69, 9.17) is 4.74 Å². The fraction of sp³-hybridized carbons (Fsp3) is 0.294. The van der Waals surface area contributed by atoms with Crippen molar-refractivity contribution >= 4 is 28.6 Å². The van der Waals surface area contributed by atoms with Gasteiger partial charge in [-0.2, -0.15) is 5.10 Å². The molecule has 3 rings (SSSR count). The van der Waals surface area contributed by atoms with E-state index in [0.29, 0.717) is 28.2 Å². The van der Waals surface area contributed by atoms with Crippen molar-refractivity contribution in [3.8, 4) is 0 Å². The number of hydrogen-bond acceptors (Lipinski definition) is 5. The third kappa shape index (κ3) is 2.75. The molecule has 0 fully saturated rings. The van der Waals surface area contributed by atoms with Gasteiger partial charge in [-0.25, -0.2) is 9.78 Å². The van der Waals surface area contributed by atoms with Crippen LogP contribution in [0.1, 0.15) is 37.8 Å². The average Bonchev–Trinajstić information content (AvgIpc) is 3.03. The predicted molar refractivity (Wildman–Crippen MR) is 92.8 cm³/mol. The highest BCUT2D eigenvalue weighted by Crippen LogP contribution is 2.22. The molecule has 0 bridgehead atoms. The number of aromatic amines is 1. The fourth-order valence-corrected chi connectivity index (χ4v) is 2.96. The van der Waals surface area contributed by atoms with Crippen molar-refractivity contribution in [3.63, 3.8) is 0 Å². The van der Waals surface area contributed by atoms with Crippen molar-refractivity contribution in [2.75, 3.05) is 12.4 Å². The van der Waals surface area contributed by atoms with Gasteiger partial charge in [0.2, 0.25) is 0 Å². The quantitative estimate of drug-likeness (QED) is 0.712. The molecule has 0 aromatic carbocycles. The first kappa shape index (κ1) is 16.7. The van der Waals surface area contributed by atoms with Gasteiger partial charge in [-0.3, -0.25) is 9.48 Å². The Hall–Kier alpha value is -3.16. The number of carbonyl (C=O) groups is 2. The molecule has 8 heteroatoms. The Morgan fingerprint density at radius 2 is 2.00 bits per heavy atom. The maximum absolute atomic E-state index is 12.6. The fourth-order valence-electron chi connectivity index (χ4n) is 2.96. The maximum Gasteiger partial charge on any atom is 0.339 e. The van der Waals surface area contributed by atoms with Gasteiger partial charge in [0.25, 0.3) is 5.91 Å². The molecule has 25 heavy (non-hydrogen) atoms. The van der Waals surface area contributed by atoms with Crippen molar-refractivity contribution in [1.29, 1.82) is 0 Å². The number of hydrogen-bond donors (Lipinski definition) is 2. The van der Waals surface area contributed by atoms with Gasteiger partial charge in [-0.15, -0.1) is 0 Å². The van der Waals surface area contributed by atoms with Crippen molar-refractivity contribution in [3.05, 3.63) is 40.5 Å². The molecule has 3 aromatic rings. The minimum atomic E-state index is -0.473. The van der Waals surface area contributed by atoms with E-state index in [9.17, 15) is 9.59 Å². The Kier molecular flexibility index (Phi) is 4.03. The van der Waals surface area contributed by atoms with Crippen LogP contribution in [-0.2, 0) is 11.8 Å². The summed E-state index contributed by atoms with van der Waals surface area (Å²) < 4.78 is 6.45. The van der Waals surface area contributed by atoms with Crippen LogP contribution in [0, 0.1) is 20.8 Å².